The standard InChI is InChI=1S/C27H34N6O2/c1-30-17-21(16-28)18-6-8-25-19(14-18)4-3-11-33(25)26(29)23-15-20(27(34)31-2)5-7-24(23)32-22-9-12-35-13-10-22/h5-8,14-17,22,28-30,32H,3-4,9-13H2,1-2H3,(H,31,34)/b21-17+,28-16?,29-26?. The number of rotatable bonds is 7. The fourth-order valence-electron chi connectivity index (χ4n) is 4.73. The van der Waals surface area contributed by atoms with Crippen LogP contribution in [-0.4, -0.2) is 57.9 Å². The monoisotopic (exact) mass is 474 g/mol. The van der Waals surface area contributed by atoms with Crippen LogP contribution in [0.3, 0.4) is 0 Å². The average molecular weight is 475 g/mol. The Labute approximate surface area is 206 Å². The van der Waals surface area contributed by atoms with Crippen LogP contribution < -0.4 is 20.9 Å². The molecule has 8 heteroatoms. The summed E-state index contributed by atoms with van der Waals surface area (Å²) in [6, 6.07) is 12.0. The van der Waals surface area contributed by atoms with Crippen LogP contribution in [0.4, 0.5) is 11.4 Å². The van der Waals surface area contributed by atoms with Crippen molar-refractivity contribution in [2.24, 2.45) is 0 Å². The molecule has 0 unspecified atom stereocenters. The number of nitrogens with zero attached hydrogens (tertiary/aromatic N) is 1. The molecule has 2 aromatic rings. The molecule has 0 spiro atoms. The zero-order valence-electron chi connectivity index (χ0n) is 20.4. The summed E-state index contributed by atoms with van der Waals surface area (Å²) in [5, 5.41) is 26.2. The van der Waals surface area contributed by atoms with Gasteiger partial charge in [0, 0.05) is 80.4 Å². The summed E-state index contributed by atoms with van der Waals surface area (Å²) in [7, 11) is 3.44. The maximum atomic E-state index is 12.4. The fraction of sp³-hybridized carbons (Fsp3) is 0.370. The molecule has 0 aliphatic carbocycles. The summed E-state index contributed by atoms with van der Waals surface area (Å²) >= 11 is 0. The SMILES string of the molecule is CN/C=C(\C=N)c1ccc2c(c1)CCCN2C(=N)c1cc(C(=O)NC)ccc1NC1CCOCC1. The maximum Gasteiger partial charge on any atom is 0.251 e. The Balaban J connectivity index is 1.69. The van der Waals surface area contributed by atoms with Gasteiger partial charge in [-0.15, -0.1) is 0 Å². The molecule has 1 saturated heterocycles. The van der Waals surface area contributed by atoms with Gasteiger partial charge < -0.3 is 31.0 Å². The highest BCUT2D eigenvalue weighted by atomic mass is 16.5. The van der Waals surface area contributed by atoms with Crippen molar-refractivity contribution in [2.45, 2.75) is 31.7 Å². The van der Waals surface area contributed by atoms with Crippen LogP contribution in [0.15, 0.2) is 42.6 Å². The van der Waals surface area contributed by atoms with Gasteiger partial charge in [-0.2, -0.15) is 0 Å². The number of carbonyl (C=O) groups is 1. The van der Waals surface area contributed by atoms with Gasteiger partial charge in [0.15, 0.2) is 0 Å². The largest absolute Gasteiger partial charge is 0.393 e. The quantitative estimate of drug-likeness (QED) is 0.311. The van der Waals surface area contributed by atoms with E-state index >= 15 is 0 Å². The highest BCUT2D eigenvalue weighted by Gasteiger charge is 2.25. The Morgan fingerprint density at radius 3 is 2.60 bits per heavy atom. The van der Waals surface area contributed by atoms with Gasteiger partial charge in [-0.05, 0) is 67.1 Å². The minimum absolute atomic E-state index is 0.171. The third-order valence-electron chi connectivity index (χ3n) is 6.60. The molecule has 2 heterocycles. The minimum Gasteiger partial charge on any atom is -0.393 e. The summed E-state index contributed by atoms with van der Waals surface area (Å²) in [4.78, 5) is 14.4. The molecule has 0 saturated carbocycles. The molecule has 184 valence electrons. The lowest BCUT2D eigenvalue weighted by atomic mass is 9.95. The number of amides is 1. The van der Waals surface area contributed by atoms with E-state index in [4.69, 9.17) is 10.1 Å². The normalized spacial score (nSPS) is 16.3. The summed E-state index contributed by atoms with van der Waals surface area (Å²) < 4.78 is 5.50. The van der Waals surface area contributed by atoms with E-state index in [2.05, 4.69) is 22.0 Å². The summed E-state index contributed by atoms with van der Waals surface area (Å²) in [6.45, 7) is 2.18. The lowest BCUT2D eigenvalue weighted by Crippen LogP contribution is -2.37. The fourth-order valence-corrected chi connectivity index (χ4v) is 4.73. The van der Waals surface area contributed by atoms with E-state index in [0.29, 0.717) is 17.0 Å². The summed E-state index contributed by atoms with van der Waals surface area (Å²) in [6.07, 6.45) is 6.83. The molecular weight excluding hydrogens is 440 g/mol. The number of hydrogen-bond donors (Lipinski definition) is 5. The van der Waals surface area contributed by atoms with Crippen molar-refractivity contribution >= 4 is 34.9 Å². The highest BCUT2D eigenvalue weighted by molar-refractivity contribution is 6.13. The zero-order chi connectivity index (χ0) is 24.8. The van der Waals surface area contributed by atoms with Crippen molar-refractivity contribution in [1.29, 1.82) is 10.8 Å². The van der Waals surface area contributed by atoms with Crippen LogP contribution in [-0.2, 0) is 11.2 Å². The van der Waals surface area contributed by atoms with Gasteiger partial charge >= 0.3 is 0 Å². The second kappa shape index (κ2) is 11.2. The van der Waals surface area contributed by atoms with Crippen molar-refractivity contribution < 1.29 is 9.53 Å². The van der Waals surface area contributed by atoms with E-state index in [9.17, 15) is 10.2 Å². The third-order valence-corrected chi connectivity index (χ3v) is 6.60. The number of hydrogen-bond acceptors (Lipinski definition) is 6. The first-order valence-electron chi connectivity index (χ1n) is 12.1. The molecule has 5 N–H and O–H groups in total. The number of benzene rings is 2. The smallest absolute Gasteiger partial charge is 0.251 e. The third kappa shape index (κ3) is 5.38. The maximum absolute atomic E-state index is 12.4. The van der Waals surface area contributed by atoms with Gasteiger partial charge in [-0.25, -0.2) is 0 Å². The number of aryl methyl sites for hydroxylation is 1. The number of fused-ring (bicyclic) bond motifs is 1. The van der Waals surface area contributed by atoms with Crippen LogP contribution in [0.2, 0.25) is 0 Å². The number of allylic oxidation sites excluding steroid dienone is 1. The van der Waals surface area contributed by atoms with E-state index in [-0.39, 0.29) is 11.9 Å². The zero-order valence-corrected chi connectivity index (χ0v) is 20.4. The Hall–Kier alpha value is -3.65. The molecule has 0 atom stereocenters. The van der Waals surface area contributed by atoms with Crippen LogP contribution in [0, 0.1) is 10.8 Å². The number of ether oxygens (including phenoxy) is 1. The molecule has 0 bridgehead atoms. The second-order valence-corrected chi connectivity index (χ2v) is 8.85. The molecule has 2 aliphatic rings. The molecule has 4 rings (SSSR count). The topological polar surface area (TPSA) is 113 Å². The molecule has 2 aromatic carbocycles. The Morgan fingerprint density at radius 1 is 1.11 bits per heavy atom. The van der Waals surface area contributed by atoms with E-state index < -0.39 is 0 Å². The van der Waals surface area contributed by atoms with Crippen LogP contribution in [0.25, 0.3) is 5.57 Å². The van der Waals surface area contributed by atoms with E-state index in [1.54, 1.807) is 13.1 Å². The number of carbonyl (C=O) groups excluding carboxylic acids is 1. The van der Waals surface area contributed by atoms with Crippen LogP contribution in [0.1, 0.15) is 46.3 Å². The highest BCUT2D eigenvalue weighted by Crippen LogP contribution is 2.32. The second-order valence-electron chi connectivity index (χ2n) is 8.85. The van der Waals surface area contributed by atoms with Gasteiger partial charge in [0.1, 0.15) is 5.84 Å². The van der Waals surface area contributed by atoms with Crippen molar-refractivity contribution in [3.05, 3.63) is 64.9 Å². The first-order chi connectivity index (χ1) is 17.0. The van der Waals surface area contributed by atoms with Gasteiger partial charge in [0.05, 0.1) is 0 Å². The number of anilines is 2. The lowest BCUT2D eigenvalue weighted by Gasteiger charge is -2.33. The molecular formula is C27H34N6O2. The van der Waals surface area contributed by atoms with Crippen molar-refractivity contribution in [2.75, 3.05) is 44.1 Å². The Morgan fingerprint density at radius 2 is 1.89 bits per heavy atom. The minimum atomic E-state index is -0.171. The van der Waals surface area contributed by atoms with Gasteiger partial charge in [-0.1, -0.05) is 6.07 Å². The molecule has 0 aromatic heterocycles. The lowest BCUT2D eigenvalue weighted by molar-refractivity contribution is 0.0904. The van der Waals surface area contributed by atoms with Crippen molar-refractivity contribution in [1.82, 2.24) is 10.6 Å². The predicted octanol–water partition coefficient (Wildman–Crippen LogP) is 3.63. The first-order valence-corrected chi connectivity index (χ1v) is 12.1. The molecule has 1 amide bonds. The van der Waals surface area contributed by atoms with Crippen LogP contribution in [0.5, 0.6) is 0 Å². The number of nitrogens with one attached hydrogen (secondary N) is 5. The predicted molar refractivity (Wildman–Crippen MR) is 142 cm³/mol. The summed E-state index contributed by atoms with van der Waals surface area (Å²) in [5.74, 6) is 0.202. The number of amidine groups is 1. The van der Waals surface area contributed by atoms with E-state index in [0.717, 1.165) is 73.5 Å². The van der Waals surface area contributed by atoms with Crippen molar-refractivity contribution in [3.63, 3.8) is 0 Å². The van der Waals surface area contributed by atoms with Crippen LogP contribution >= 0.6 is 0 Å². The molecule has 8 nitrogen and oxygen atoms in total. The Bertz CT molecular complexity index is 1140. The average Bonchev–Trinajstić information content (AvgIpc) is 2.91. The van der Waals surface area contributed by atoms with E-state index in [1.165, 1.54) is 6.21 Å². The first kappa shape index (κ1) is 24.5. The molecule has 2 aliphatic heterocycles. The molecule has 0 radical (unpaired) electrons. The van der Waals surface area contributed by atoms with Gasteiger partial charge in [-0.3, -0.25) is 10.2 Å². The molecule has 35 heavy (non-hydrogen) atoms. The Kier molecular flexibility index (Phi) is 7.82. The molecule has 1 fully saturated rings. The van der Waals surface area contributed by atoms with Gasteiger partial charge in [0.2, 0.25) is 0 Å². The van der Waals surface area contributed by atoms with E-state index in [1.807, 2.05) is 42.4 Å². The summed E-state index contributed by atoms with van der Waals surface area (Å²) in [5.41, 5.74) is 6.05. The van der Waals surface area contributed by atoms with Gasteiger partial charge in [0.25, 0.3) is 5.91 Å². The van der Waals surface area contributed by atoms with Crippen molar-refractivity contribution in [3.8, 4) is 0 Å².